The molecule has 1 rings (SSSR count). The summed E-state index contributed by atoms with van der Waals surface area (Å²) in [5.41, 5.74) is 1.41. The maximum Gasteiger partial charge on any atom is 0.323 e. The van der Waals surface area contributed by atoms with Gasteiger partial charge in [0.25, 0.3) is 0 Å². The molecule has 0 saturated carbocycles. The van der Waals surface area contributed by atoms with Crippen molar-refractivity contribution in [3.05, 3.63) is 11.6 Å². The van der Waals surface area contributed by atoms with Crippen LogP contribution >= 0.6 is 0 Å². The monoisotopic (exact) mass is 268 g/mol. The molecule has 0 spiro atoms. The van der Waals surface area contributed by atoms with Gasteiger partial charge in [0, 0.05) is 13.1 Å². The Bertz CT molecular complexity index is 340. The highest BCUT2D eigenvalue weighted by molar-refractivity contribution is 5.80. The Morgan fingerprint density at radius 2 is 2.21 bits per heavy atom. The molecule has 0 fully saturated rings. The zero-order valence-electron chi connectivity index (χ0n) is 11.7. The van der Waals surface area contributed by atoms with E-state index in [9.17, 15) is 9.59 Å². The molecule has 0 atom stereocenters. The van der Waals surface area contributed by atoms with Gasteiger partial charge in [-0.15, -0.1) is 0 Å². The van der Waals surface area contributed by atoms with Gasteiger partial charge in [-0.1, -0.05) is 18.6 Å². The first-order valence-electron chi connectivity index (χ1n) is 7.06. The number of allylic oxidation sites excluding steroid dienone is 1. The lowest BCUT2D eigenvalue weighted by Gasteiger charge is -2.21. The zero-order valence-corrected chi connectivity index (χ0v) is 11.7. The van der Waals surface area contributed by atoms with Crippen LogP contribution in [0.3, 0.4) is 0 Å². The number of nitrogens with zero attached hydrogens (tertiary/aromatic N) is 1. The SMILES string of the molecule is CCCN(CC(=O)O)C(=O)NCCC1=CCCCC1. The number of nitrogens with one attached hydrogen (secondary N) is 1. The third-order valence-electron chi connectivity index (χ3n) is 3.21. The molecule has 108 valence electrons. The maximum atomic E-state index is 11.8. The molecule has 5 nitrogen and oxygen atoms in total. The van der Waals surface area contributed by atoms with Crippen molar-refractivity contribution in [3.8, 4) is 0 Å². The van der Waals surface area contributed by atoms with Crippen LogP contribution in [0.2, 0.25) is 0 Å². The van der Waals surface area contributed by atoms with Crippen LogP contribution in [-0.2, 0) is 4.79 Å². The highest BCUT2D eigenvalue weighted by Crippen LogP contribution is 2.19. The molecule has 0 aromatic heterocycles. The highest BCUT2D eigenvalue weighted by atomic mass is 16.4. The first kappa shape index (κ1) is 15.5. The van der Waals surface area contributed by atoms with Gasteiger partial charge in [-0.25, -0.2) is 4.79 Å². The molecular formula is C14H24N2O3. The van der Waals surface area contributed by atoms with Crippen molar-refractivity contribution in [2.45, 2.75) is 45.4 Å². The largest absolute Gasteiger partial charge is 0.480 e. The summed E-state index contributed by atoms with van der Waals surface area (Å²) < 4.78 is 0. The Kier molecular flexibility index (Phi) is 7.00. The van der Waals surface area contributed by atoms with Crippen molar-refractivity contribution in [2.75, 3.05) is 19.6 Å². The van der Waals surface area contributed by atoms with E-state index in [1.165, 1.54) is 23.3 Å². The van der Waals surface area contributed by atoms with E-state index in [2.05, 4.69) is 11.4 Å². The predicted molar refractivity (Wildman–Crippen MR) is 74.1 cm³/mol. The topological polar surface area (TPSA) is 69.6 Å². The molecule has 0 unspecified atom stereocenters. The van der Waals surface area contributed by atoms with Crippen LogP contribution in [0.15, 0.2) is 11.6 Å². The molecule has 0 aliphatic heterocycles. The fourth-order valence-electron chi connectivity index (χ4n) is 2.26. The Balaban J connectivity index is 2.30. The second kappa shape index (κ2) is 8.56. The summed E-state index contributed by atoms with van der Waals surface area (Å²) in [5.74, 6) is -0.974. The fourth-order valence-corrected chi connectivity index (χ4v) is 2.26. The average molecular weight is 268 g/mol. The van der Waals surface area contributed by atoms with E-state index >= 15 is 0 Å². The average Bonchev–Trinajstić information content (AvgIpc) is 2.39. The van der Waals surface area contributed by atoms with Gasteiger partial charge in [-0.05, 0) is 38.5 Å². The molecule has 0 radical (unpaired) electrons. The summed E-state index contributed by atoms with van der Waals surface area (Å²) in [6.07, 6.45) is 8.66. The standard InChI is InChI=1S/C14H24N2O3/c1-2-10-16(11-13(17)18)14(19)15-9-8-12-6-4-3-5-7-12/h6H,2-5,7-11H2,1H3,(H,15,19)(H,17,18). The van der Waals surface area contributed by atoms with E-state index in [0.29, 0.717) is 13.1 Å². The number of aliphatic carboxylic acids is 1. The second-order valence-corrected chi connectivity index (χ2v) is 4.91. The lowest BCUT2D eigenvalue weighted by atomic mass is 9.97. The number of hydrogen-bond acceptors (Lipinski definition) is 2. The second-order valence-electron chi connectivity index (χ2n) is 4.91. The van der Waals surface area contributed by atoms with Crippen molar-refractivity contribution in [1.29, 1.82) is 0 Å². The van der Waals surface area contributed by atoms with Gasteiger partial charge in [-0.3, -0.25) is 4.79 Å². The molecule has 5 heteroatoms. The van der Waals surface area contributed by atoms with E-state index in [1.807, 2.05) is 6.92 Å². The summed E-state index contributed by atoms with van der Waals surface area (Å²) in [6.45, 7) is 2.75. The number of urea groups is 1. The van der Waals surface area contributed by atoms with Crippen molar-refractivity contribution >= 4 is 12.0 Å². The van der Waals surface area contributed by atoms with Gasteiger partial charge >= 0.3 is 12.0 Å². The Labute approximate surface area is 114 Å². The van der Waals surface area contributed by atoms with Gasteiger partial charge in [0.2, 0.25) is 0 Å². The normalized spacial score (nSPS) is 14.7. The summed E-state index contributed by atoms with van der Waals surface area (Å²) >= 11 is 0. The lowest BCUT2D eigenvalue weighted by molar-refractivity contribution is -0.137. The van der Waals surface area contributed by atoms with Crippen LogP contribution < -0.4 is 5.32 Å². The first-order chi connectivity index (χ1) is 9.13. The molecule has 0 bridgehead atoms. The van der Waals surface area contributed by atoms with E-state index in [4.69, 9.17) is 5.11 Å². The summed E-state index contributed by atoms with van der Waals surface area (Å²) in [7, 11) is 0. The summed E-state index contributed by atoms with van der Waals surface area (Å²) in [6, 6.07) is -0.277. The number of amides is 2. The Morgan fingerprint density at radius 1 is 1.42 bits per heavy atom. The van der Waals surface area contributed by atoms with E-state index < -0.39 is 5.97 Å². The van der Waals surface area contributed by atoms with Gasteiger partial charge in [-0.2, -0.15) is 0 Å². The smallest absolute Gasteiger partial charge is 0.323 e. The Hall–Kier alpha value is -1.52. The van der Waals surface area contributed by atoms with Crippen LogP contribution in [0.25, 0.3) is 0 Å². The zero-order chi connectivity index (χ0) is 14.1. The third kappa shape index (κ3) is 6.27. The quantitative estimate of drug-likeness (QED) is 0.696. The molecule has 0 aromatic rings. The minimum atomic E-state index is -0.974. The molecule has 19 heavy (non-hydrogen) atoms. The molecular weight excluding hydrogens is 244 g/mol. The van der Waals surface area contributed by atoms with Gasteiger partial charge in [0.1, 0.15) is 6.54 Å². The molecule has 2 amide bonds. The predicted octanol–water partition coefficient (Wildman–Crippen LogP) is 2.38. The van der Waals surface area contributed by atoms with Crippen LogP contribution in [-0.4, -0.2) is 41.6 Å². The minimum absolute atomic E-state index is 0.234. The van der Waals surface area contributed by atoms with E-state index in [1.54, 1.807) is 0 Å². The van der Waals surface area contributed by atoms with Crippen LogP contribution in [0.4, 0.5) is 4.79 Å². The number of rotatable bonds is 7. The third-order valence-corrected chi connectivity index (χ3v) is 3.21. The summed E-state index contributed by atoms with van der Waals surface area (Å²) in [4.78, 5) is 23.9. The van der Waals surface area contributed by atoms with E-state index in [0.717, 1.165) is 25.7 Å². The van der Waals surface area contributed by atoms with Crippen molar-refractivity contribution in [1.82, 2.24) is 10.2 Å². The minimum Gasteiger partial charge on any atom is -0.480 e. The van der Waals surface area contributed by atoms with Crippen LogP contribution in [0.1, 0.15) is 45.4 Å². The molecule has 2 N–H and O–H groups in total. The van der Waals surface area contributed by atoms with E-state index in [-0.39, 0.29) is 12.6 Å². The number of carboxylic acid groups (broad SMARTS) is 1. The number of carbonyl (C=O) groups excluding carboxylic acids is 1. The van der Waals surface area contributed by atoms with Gasteiger partial charge in [0.15, 0.2) is 0 Å². The van der Waals surface area contributed by atoms with Crippen molar-refractivity contribution in [3.63, 3.8) is 0 Å². The van der Waals surface area contributed by atoms with Crippen LogP contribution in [0, 0.1) is 0 Å². The Morgan fingerprint density at radius 3 is 2.79 bits per heavy atom. The fraction of sp³-hybridized carbons (Fsp3) is 0.714. The molecule has 0 heterocycles. The molecule has 0 saturated heterocycles. The molecule has 1 aliphatic carbocycles. The first-order valence-corrected chi connectivity index (χ1v) is 7.06. The number of carboxylic acids is 1. The van der Waals surface area contributed by atoms with Crippen LogP contribution in [0.5, 0.6) is 0 Å². The number of carbonyl (C=O) groups is 2. The highest BCUT2D eigenvalue weighted by Gasteiger charge is 2.15. The molecule has 0 aromatic carbocycles. The maximum absolute atomic E-state index is 11.8. The molecule has 1 aliphatic rings. The lowest BCUT2D eigenvalue weighted by Crippen LogP contribution is -2.43. The van der Waals surface area contributed by atoms with Crippen molar-refractivity contribution < 1.29 is 14.7 Å². The number of hydrogen-bond donors (Lipinski definition) is 2. The van der Waals surface area contributed by atoms with Gasteiger partial charge < -0.3 is 15.3 Å². The van der Waals surface area contributed by atoms with Crippen molar-refractivity contribution in [2.24, 2.45) is 0 Å². The van der Waals surface area contributed by atoms with Gasteiger partial charge in [0.05, 0.1) is 0 Å². The summed E-state index contributed by atoms with van der Waals surface area (Å²) in [5, 5.41) is 11.6.